The van der Waals surface area contributed by atoms with Crippen LogP contribution in [0.15, 0.2) is 0 Å². The minimum Gasteiger partial charge on any atom is -0.463 e. The van der Waals surface area contributed by atoms with Crippen LogP contribution in [0.2, 0.25) is 0 Å². The Bertz CT molecular complexity index is 1830. The van der Waals surface area contributed by atoms with Crippen molar-refractivity contribution in [2.45, 2.75) is 328 Å². The van der Waals surface area contributed by atoms with Gasteiger partial charge in [0, 0.05) is 12.8 Å². The van der Waals surface area contributed by atoms with Crippen LogP contribution in [-0.4, -0.2) is 278 Å². The fourth-order valence-corrected chi connectivity index (χ4v) is 11.1. The Morgan fingerprint density at radius 3 is 1.03 bits per heavy atom. The van der Waals surface area contributed by atoms with Gasteiger partial charge in [0.05, 0.1) is 37.6 Å². The van der Waals surface area contributed by atoms with Gasteiger partial charge >= 0.3 is 11.9 Å². The molecule has 0 radical (unpaired) electrons. The monoisotopic (exact) mass is 1280 g/mol. The highest BCUT2D eigenvalue weighted by Gasteiger charge is 2.60. The number of unbranched alkanes of at least 4 members (excludes halogenated alkanes) is 18. The minimum atomic E-state index is -2.32. The number of esters is 2. The first-order valence-corrected chi connectivity index (χ1v) is 32.3. The van der Waals surface area contributed by atoms with E-state index in [-0.39, 0.29) is 12.8 Å². The molecule has 4 aliphatic rings. The van der Waals surface area contributed by atoms with Crippen molar-refractivity contribution in [1.29, 1.82) is 0 Å². The summed E-state index contributed by atoms with van der Waals surface area (Å²) in [6.07, 6.45) is -5.52. The fraction of sp³-hybridized carbons (Fsp3) is 0.967. The topological polar surface area (TPSA) is 472 Å². The number of rotatable bonds is 44. The highest BCUT2D eigenvalue weighted by atomic mass is 16.8. The molecule has 0 aromatic rings. The van der Waals surface area contributed by atoms with E-state index in [9.17, 15) is 102 Å². The number of aliphatic hydroxyl groups excluding tert-OH is 18. The Labute approximate surface area is 517 Å². The van der Waals surface area contributed by atoms with E-state index in [1.54, 1.807) is 0 Å². The number of carbonyl (C=O) groups is 2. The third-order valence-electron chi connectivity index (χ3n) is 17.0. The molecule has 4 saturated heterocycles. The third-order valence-corrected chi connectivity index (χ3v) is 17.0. The van der Waals surface area contributed by atoms with Gasteiger partial charge in [-0.05, 0) is 38.5 Å². The lowest BCUT2D eigenvalue weighted by Crippen LogP contribution is -2.62. The Hall–Kier alpha value is -2.02. The summed E-state index contributed by atoms with van der Waals surface area (Å²) >= 11 is 0. The van der Waals surface area contributed by atoms with Gasteiger partial charge in [-0.25, -0.2) is 0 Å². The number of hydrogen-bond acceptors (Lipinski definition) is 28. The van der Waals surface area contributed by atoms with E-state index in [1.807, 2.05) is 0 Å². The standard InChI is InChI=1S/2C30H56O14/c1-2-3-4-5-7-10-13-19(33)20(34)14-11-8-6-9-12-15-23(35)41-17-22-24(36)26(38)27(39)29(42-22)44-30(18-32)28(40)25(37)21(16-31)43-30;1-2-3-4-5-7-10-13-19(33)20(34)14-11-8-6-9-12-15-23(35)41-17-22-25(37)28(40)30(18-32,43-22)44-29-27(39)26(38)24(36)21(16-31)42-29/h2*19-22,24-29,31-34,36-40H,2-18H2,1H3/t19?,20?,21-,22?,24-,25?,26+,27?,28-,29-,30+;19?,20?,21?,22-,24-,25?,26+,27?,28-,29-,30+/m11/s1. The highest BCUT2D eigenvalue weighted by molar-refractivity contribution is 5.69. The number of hydrogen-bond donors (Lipinski definition) is 18. The van der Waals surface area contributed by atoms with E-state index in [4.69, 9.17) is 37.9 Å². The minimum absolute atomic E-state index is 0.0988. The summed E-state index contributed by atoms with van der Waals surface area (Å²) in [6, 6.07) is 0. The van der Waals surface area contributed by atoms with Gasteiger partial charge in [-0.15, -0.1) is 0 Å². The summed E-state index contributed by atoms with van der Waals surface area (Å²) in [5, 5.41) is 182. The van der Waals surface area contributed by atoms with E-state index in [0.717, 1.165) is 89.9 Å². The fourth-order valence-electron chi connectivity index (χ4n) is 11.1. The van der Waals surface area contributed by atoms with Crippen LogP contribution in [0.5, 0.6) is 0 Å². The first-order valence-electron chi connectivity index (χ1n) is 32.3. The zero-order valence-electron chi connectivity index (χ0n) is 51.7. The number of ether oxygens (including phenoxy) is 8. The van der Waals surface area contributed by atoms with Crippen molar-refractivity contribution < 1.29 is 139 Å². The van der Waals surface area contributed by atoms with Gasteiger partial charge in [-0.2, -0.15) is 0 Å². The lowest BCUT2D eigenvalue weighted by Gasteiger charge is -2.43. The molecule has 4 heterocycles. The van der Waals surface area contributed by atoms with Crippen molar-refractivity contribution in [2.75, 3.05) is 39.6 Å². The third kappa shape index (κ3) is 25.7. The van der Waals surface area contributed by atoms with Crippen LogP contribution in [0.1, 0.15) is 194 Å². The van der Waals surface area contributed by atoms with Crippen molar-refractivity contribution >= 4 is 11.9 Å². The van der Waals surface area contributed by atoms with Crippen LogP contribution in [0.25, 0.3) is 0 Å². The highest BCUT2D eigenvalue weighted by Crippen LogP contribution is 2.38. The molecule has 4 rings (SSSR count). The van der Waals surface area contributed by atoms with Crippen LogP contribution >= 0.6 is 0 Å². The van der Waals surface area contributed by atoms with Crippen molar-refractivity contribution in [2.24, 2.45) is 0 Å². The molecule has 0 aromatic heterocycles. The van der Waals surface area contributed by atoms with Gasteiger partial charge in [-0.1, -0.05) is 142 Å². The van der Waals surface area contributed by atoms with Gasteiger partial charge in [-0.3, -0.25) is 9.59 Å². The predicted molar refractivity (Wildman–Crippen MR) is 310 cm³/mol. The maximum atomic E-state index is 12.3. The van der Waals surface area contributed by atoms with Gasteiger partial charge < -0.3 is 130 Å². The second-order valence-electron chi connectivity index (χ2n) is 24.1. The molecule has 520 valence electrons. The molecule has 0 aromatic carbocycles. The quantitative estimate of drug-likeness (QED) is 0.0249. The van der Waals surface area contributed by atoms with E-state index in [0.29, 0.717) is 38.5 Å². The summed E-state index contributed by atoms with van der Waals surface area (Å²) in [6.45, 7) is -0.0578. The molecule has 0 bridgehead atoms. The summed E-state index contributed by atoms with van der Waals surface area (Å²) in [4.78, 5) is 24.5. The van der Waals surface area contributed by atoms with Gasteiger partial charge in [0.2, 0.25) is 11.6 Å². The summed E-state index contributed by atoms with van der Waals surface area (Å²) in [7, 11) is 0. The van der Waals surface area contributed by atoms with Crippen LogP contribution in [0.4, 0.5) is 0 Å². The second kappa shape index (κ2) is 43.1. The Balaban J connectivity index is 0.000000460. The van der Waals surface area contributed by atoms with E-state index < -0.39 is 186 Å². The summed E-state index contributed by atoms with van der Waals surface area (Å²) < 4.78 is 42.8. The Morgan fingerprint density at radius 1 is 0.375 bits per heavy atom. The van der Waals surface area contributed by atoms with Crippen LogP contribution in [0.3, 0.4) is 0 Å². The summed E-state index contributed by atoms with van der Waals surface area (Å²) in [5.74, 6) is -5.74. The predicted octanol–water partition coefficient (Wildman–Crippen LogP) is -1.28. The van der Waals surface area contributed by atoms with Crippen molar-refractivity contribution in [3.05, 3.63) is 0 Å². The lowest BCUT2D eigenvalue weighted by molar-refractivity contribution is -0.383. The van der Waals surface area contributed by atoms with Crippen molar-refractivity contribution in [3.63, 3.8) is 0 Å². The van der Waals surface area contributed by atoms with Gasteiger partial charge in [0.1, 0.15) is 112 Å². The van der Waals surface area contributed by atoms with Crippen LogP contribution in [0, 0.1) is 0 Å². The molecule has 28 heteroatoms. The molecule has 88 heavy (non-hydrogen) atoms. The molecule has 28 nitrogen and oxygen atoms in total. The molecular weight excluding hydrogens is 1170 g/mol. The molecule has 0 spiro atoms. The SMILES string of the molecule is CCCCCCCCC(O)C(O)CCCCCCCC(=O)OCC1O[C@H](O[C@]2(CO)O[C@H](CO)C(O)[C@H]2O)C(O)[C@@H](O)[C@@H]1O.CCCCCCCCC(O)C(O)CCCCCCCC(=O)OC[C@H]1O[C@@](CO)(O[C@H]2OC(CO)[C@@H](O)[C@H](O)C2O)[C@H](O)C1O. The molecule has 4 fully saturated rings. The first kappa shape index (κ1) is 80.2. The molecule has 10 unspecified atom stereocenters. The molecule has 18 N–H and O–H groups in total. The molecule has 0 amide bonds. The van der Waals surface area contributed by atoms with Gasteiger partial charge in [0.15, 0.2) is 12.6 Å². The average molecular weight is 1280 g/mol. The lowest BCUT2D eigenvalue weighted by atomic mass is 9.99. The number of aliphatic hydroxyl groups is 18. The molecular formula is C60H112O28. The van der Waals surface area contributed by atoms with Crippen molar-refractivity contribution in [3.8, 4) is 0 Å². The smallest absolute Gasteiger partial charge is 0.305 e. The van der Waals surface area contributed by atoms with Crippen LogP contribution in [-0.2, 0) is 47.5 Å². The maximum absolute atomic E-state index is 12.3. The average Bonchev–Trinajstić information content (AvgIpc) is 2.22. The Kier molecular flexibility index (Phi) is 39.2. The molecule has 22 atom stereocenters. The molecule has 0 saturated carbocycles. The second-order valence-corrected chi connectivity index (χ2v) is 24.1. The molecule has 0 aliphatic carbocycles. The normalized spacial score (nSPS) is 33.8. The van der Waals surface area contributed by atoms with E-state index >= 15 is 0 Å². The molecule has 4 aliphatic heterocycles. The van der Waals surface area contributed by atoms with E-state index in [1.165, 1.54) is 38.5 Å². The first-order chi connectivity index (χ1) is 42.0. The Morgan fingerprint density at radius 2 is 0.682 bits per heavy atom. The zero-order valence-corrected chi connectivity index (χ0v) is 51.7. The van der Waals surface area contributed by atoms with Crippen LogP contribution < -0.4 is 0 Å². The van der Waals surface area contributed by atoms with E-state index in [2.05, 4.69) is 13.8 Å². The zero-order chi connectivity index (χ0) is 65.4. The maximum Gasteiger partial charge on any atom is 0.305 e. The summed E-state index contributed by atoms with van der Waals surface area (Å²) in [5.41, 5.74) is 0. The number of carbonyl (C=O) groups excluding carboxylic acids is 2. The van der Waals surface area contributed by atoms with Gasteiger partial charge in [0.25, 0.3) is 0 Å². The van der Waals surface area contributed by atoms with Crippen molar-refractivity contribution in [1.82, 2.24) is 0 Å². The largest absolute Gasteiger partial charge is 0.463 e.